The molecule has 8 nitrogen and oxygen atoms in total. The number of rotatable bonds is 3. The largest absolute Gasteiger partial charge is 0.420 e. The summed E-state index contributed by atoms with van der Waals surface area (Å²) < 4.78 is 32.5. The van der Waals surface area contributed by atoms with Crippen molar-refractivity contribution in [1.82, 2.24) is 10.2 Å². The molecule has 33 heavy (non-hydrogen) atoms. The molecule has 0 saturated heterocycles. The lowest BCUT2D eigenvalue weighted by Gasteiger charge is -2.25. The van der Waals surface area contributed by atoms with Crippen LogP contribution in [0.1, 0.15) is 32.2 Å². The molecular weight excluding hydrogens is 532 g/mol. The zero-order chi connectivity index (χ0) is 24.1. The monoisotopic (exact) mass is 552 g/mol. The van der Waals surface area contributed by atoms with E-state index in [-0.39, 0.29) is 28.4 Å². The van der Waals surface area contributed by atoms with Gasteiger partial charge in [-0.1, -0.05) is 44.5 Å². The normalized spacial score (nSPS) is 18.2. The van der Waals surface area contributed by atoms with E-state index >= 15 is 0 Å². The molecule has 11 heteroatoms. The van der Waals surface area contributed by atoms with Crippen LogP contribution >= 0.6 is 27.5 Å². The summed E-state index contributed by atoms with van der Waals surface area (Å²) in [7, 11) is -3.84. The maximum absolute atomic E-state index is 13.2. The van der Waals surface area contributed by atoms with Gasteiger partial charge >= 0.3 is 0 Å². The first-order valence-corrected chi connectivity index (χ1v) is 12.9. The summed E-state index contributed by atoms with van der Waals surface area (Å²) in [5.74, 6) is -0.347. The number of anilines is 1. The molecule has 3 aromatic rings. The number of halogens is 2. The van der Waals surface area contributed by atoms with Gasteiger partial charge in [0.1, 0.15) is 0 Å². The summed E-state index contributed by atoms with van der Waals surface area (Å²) in [5.41, 5.74) is 7.07. The van der Waals surface area contributed by atoms with Crippen LogP contribution in [0.4, 0.5) is 5.69 Å². The van der Waals surface area contributed by atoms with Crippen molar-refractivity contribution in [3.8, 4) is 11.5 Å². The molecule has 174 valence electrons. The molecule has 4 rings (SSSR count). The highest BCUT2D eigenvalue weighted by Gasteiger charge is 2.37. The van der Waals surface area contributed by atoms with Gasteiger partial charge in [0.15, 0.2) is 9.84 Å². The van der Waals surface area contributed by atoms with Crippen molar-refractivity contribution in [3.05, 3.63) is 57.3 Å². The molecule has 1 atom stereocenters. The molecule has 0 bridgehead atoms. The van der Waals surface area contributed by atoms with Crippen molar-refractivity contribution in [2.24, 2.45) is 5.73 Å². The number of hydrogen-bond acceptors (Lipinski definition) is 7. The number of nitrogens with zero attached hydrogens (tertiary/aromatic N) is 3. The van der Waals surface area contributed by atoms with Gasteiger partial charge in [-0.3, -0.25) is 4.79 Å². The minimum absolute atomic E-state index is 0.00366. The number of sulfone groups is 1. The number of carbonyl (C=O) groups is 1. The molecule has 2 N–H and O–H groups in total. The minimum Gasteiger partial charge on any atom is -0.420 e. The Morgan fingerprint density at radius 3 is 2.48 bits per heavy atom. The standard InChI is InChI=1S/C22H22BrClN4O4S/c1-22(2,3)21-27-26-19(32-21)14-8-17-18(9-15(14)23)33(30,31)11-16(25)20(29)28(17)10-12-4-6-13(24)7-5-12/h4-9,16H,10-11,25H2,1-3H3/t16-/m0/s1. The van der Waals surface area contributed by atoms with E-state index in [2.05, 4.69) is 26.1 Å². The zero-order valence-electron chi connectivity index (χ0n) is 18.2. The highest BCUT2D eigenvalue weighted by molar-refractivity contribution is 9.10. The third-order valence-electron chi connectivity index (χ3n) is 5.21. The van der Waals surface area contributed by atoms with Gasteiger partial charge in [0, 0.05) is 14.9 Å². The number of nitrogens with two attached hydrogens (primary N) is 1. The quantitative estimate of drug-likeness (QED) is 0.518. The van der Waals surface area contributed by atoms with Crippen LogP contribution in [-0.4, -0.2) is 36.3 Å². The van der Waals surface area contributed by atoms with E-state index in [1.54, 1.807) is 30.3 Å². The smallest absolute Gasteiger partial charge is 0.248 e. The molecule has 1 aliphatic heterocycles. The van der Waals surface area contributed by atoms with Gasteiger partial charge in [-0.2, -0.15) is 0 Å². The highest BCUT2D eigenvalue weighted by atomic mass is 79.9. The first-order chi connectivity index (χ1) is 15.4. The molecular formula is C22H22BrClN4O4S. The second kappa shape index (κ2) is 8.50. The molecule has 0 spiro atoms. The molecule has 1 amide bonds. The van der Waals surface area contributed by atoms with E-state index in [0.717, 1.165) is 5.56 Å². The van der Waals surface area contributed by atoms with Crippen LogP contribution in [0.2, 0.25) is 5.02 Å². The predicted octanol–water partition coefficient (Wildman–Crippen LogP) is 4.10. The Labute approximate surface area is 205 Å². The summed E-state index contributed by atoms with van der Waals surface area (Å²) >= 11 is 9.41. The molecule has 1 aliphatic rings. The van der Waals surface area contributed by atoms with Gasteiger partial charge < -0.3 is 15.1 Å². The molecule has 0 unspecified atom stereocenters. The minimum atomic E-state index is -3.84. The van der Waals surface area contributed by atoms with Gasteiger partial charge in [0.2, 0.25) is 17.7 Å². The maximum atomic E-state index is 13.2. The van der Waals surface area contributed by atoms with Crippen LogP contribution < -0.4 is 10.6 Å². The third-order valence-corrected chi connectivity index (χ3v) is 7.91. The van der Waals surface area contributed by atoms with Gasteiger partial charge in [0.05, 0.1) is 34.5 Å². The van der Waals surface area contributed by atoms with Crippen molar-refractivity contribution in [3.63, 3.8) is 0 Å². The summed E-state index contributed by atoms with van der Waals surface area (Å²) in [4.78, 5) is 14.6. The van der Waals surface area contributed by atoms with Gasteiger partial charge in [-0.25, -0.2) is 8.42 Å². The molecule has 0 fully saturated rings. The second-order valence-corrected chi connectivity index (χ2v) is 12.2. The van der Waals surface area contributed by atoms with E-state index < -0.39 is 27.5 Å². The van der Waals surface area contributed by atoms with Crippen LogP contribution in [0.3, 0.4) is 0 Å². The van der Waals surface area contributed by atoms with Crippen molar-refractivity contribution < 1.29 is 17.6 Å². The Bertz CT molecular complexity index is 1330. The molecule has 0 aliphatic carbocycles. The maximum Gasteiger partial charge on any atom is 0.248 e. The third kappa shape index (κ3) is 4.70. The van der Waals surface area contributed by atoms with E-state index in [0.29, 0.717) is 20.9 Å². The lowest BCUT2D eigenvalue weighted by atomic mass is 9.97. The summed E-state index contributed by atoms with van der Waals surface area (Å²) in [6, 6.07) is 8.78. The number of amides is 1. The number of carbonyl (C=O) groups excluding carboxylic acids is 1. The fourth-order valence-corrected chi connectivity index (χ4v) is 5.83. The van der Waals surface area contributed by atoms with Crippen LogP contribution in [-0.2, 0) is 26.6 Å². The molecule has 0 radical (unpaired) electrons. The summed E-state index contributed by atoms with van der Waals surface area (Å²) in [6.07, 6.45) is 0. The number of hydrogen-bond donors (Lipinski definition) is 1. The number of aromatic nitrogens is 2. The average Bonchev–Trinajstić information content (AvgIpc) is 3.21. The van der Waals surface area contributed by atoms with Gasteiger partial charge in [-0.15, -0.1) is 10.2 Å². The summed E-state index contributed by atoms with van der Waals surface area (Å²) in [5, 5.41) is 8.81. The van der Waals surface area contributed by atoms with E-state index in [1.807, 2.05) is 20.8 Å². The van der Waals surface area contributed by atoms with E-state index in [9.17, 15) is 13.2 Å². The Morgan fingerprint density at radius 2 is 1.88 bits per heavy atom. The first kappa shape index (κ1) is 23.9. The highest BCUT2D eigenvalue weighted by Crippen LogP contribution is 2.40. The van der Waals surface area contributed by atoms with E-state index in [4.69, 9.17) is 21.8 Å². The molecule has 0 saturated carbocycles. The Balaban J connectivity index is 1.89. The van der Waals surface area contributed by atoms with Crippen molar-refractivity contribution in [2.75, 3.05) is 10.7 Å². The van der Waals surface area contributed by atoms with Gasteiger partial charge in [-0.05, 0) is 45.8 Å². The topological polar surface area (TPSA) is 119 Å². The summed E-state index contributed by atoms with van der Waals surface area (Å²) in [6.45, 7) is 5.94. The van der Waals surface area contributed by atoms with Crippen molar-refractivity contribution in [1.29, 1.82) is 0 Å². The molecule has 1 aromatic heterocycles. The Morgan fingerprint density at radius 1 is 1.21 bits per heavy atom. The lowest BCUT2D eigenvalue weighted by molar-refractivity contribution is -0.119. The van der Waals surface area contributed by atoms with Crippen LogP contribution in [0.25, 0.3) is 11.5 Å². The number of benzene rings is 2. The van der Waals surface area contributed by atoms with Crippen LogP contribution in [0.15, 0.2) is 50.2 Å². The zero-order valence-corrected chi connectivity index (χ0v) is 21.3. The first-order valence-electron chi connectivity index (χ1n) is 10.1. The van der Waals surface area contributed by atoms with Crippen molar-refractivity contribution >= 4 is 49.0 Å². The van der Waals surface area contributed by atoms with E-state index in [1.165, 1.54) is 11.0 Å². The molecule has 2 heterocycles. The van der Waals surface area contributed by atoms with Crippen LogP contribution in [0, 0.1) is 0 Å². The predicted molar refractivity (Wildman–Crippen MR) is 129 cm³/mol. The fourth-order valence-electron chi connectivity index (χ4n) is 3.45. The van der Waals surface area contributed by atoms with Crippen molar-refractivity contribution in [2.45, 2.75) is 43.7 Å². The SMILES string of the molecule is CC(C)(C)c1nnc(-c2cc3c(cc2Br)S(=O)(=O)C[C@H](N)C(=O)N3Cc2ccc(Cl)cc2)o1. The lowest BCUT2D eigenvalue weighted by Crippen LogP contribution is -2.45. The second-order valence-electron chi connectivity index (χ2n) is 8.90. The Hall–Kier alpha value is -2.27. The van der Waals surface area contributed by atoms with Crippen LogP contribution in [0.5, 0.6) is 0 Å². The fraction of sp³-hybridized carbons (Fsp3) is 0.318. The average molecular weight is 554 g/mol. The van der Waals surface area contributed by atoms with Gasteiger partial charge in [0.25, 0.3) is 0 Å². The number of fused-ring (bicyclic) bond motifs is 1. The Kier molecular flexibility index (Phi) is 6.15. The molecule has 2 aromatic carbocycles.